The molecule has 6 heteroatoms. The summed E-state index contributed by atoms with van der Waals surface area (Å²) >= 11 is 3.51. The van der Waals surface area contributed by atoms with E-state index in [9.17, 15) is 5.11 Å². The highest BCUT2D eigenvalue weighted by molar-refractivity contribution is 9.10. The predicted molar refractivity (Wildman–Crippen MR) is 126 cm³/mol. The van der Waals surface area contributed by atoms with E-state index in [0.29, 0.717) is 17.5 Å². The van der Waals surface area contributed by atoms with Gasteiger partial charge in [-0.25, -0.2) is 0 Å². The fraction of sp³-hybridized carbons (Fsp3) is 0.440. The summed E-state index contributed by atoms with van der Waals surface area (Å²) in [5, 5.41) is 14.9. The second-order valence-electron chi connectivity index (χ2n) is 9.02. The molecule has 0 saturated carbocycles. The Morgan fingerprint density at radius 1 is 1.13 bits per heavy atom. The van der Waals surface area contributed by atoms with Gasteiger partial charge < -0.3 is 24.8 Å². The summed E-state index contributed by atoms with van der Waals surface area (Å²) in [7, 11) is 5.60. The lowest BCUT2D eigenvalue weighted by atomic mass is 9.53. The van der Waals surface area contributed by atoms with Gasteiger partial charge in [-0.1, -0.05) is 22.0 Å². The number of nitrogens with one attached hydrogen (secondary N) is 1. The van der Waals surface area contributed by atoms with Gasteiger partial charge in [0.25, 0.3) is 0 Å². The highest BCUT2D eigenvalue weighted by Crippen LogP contribution is 2.58. The summed E-state index contributed by atoms with van der Waals surface area (Å²) in [5.74, 6) is 2.14. The number of rotatable bonds is 4. The third-order valence-corrected chi connectivity index (χ3v) is 8.11. The second-order valence-corrected chi connectivity index (χ2v) is 9.93. The molecule has 1 saturated heterocycles. The van der Waals surface area contributed by atoms with Crippen molar-refractivity contribution in [1.82, 2.24) is 4.90 Å². The Kier molecular flexibility index (Phi) is 5.18. The van der Waals surface area contributed by atoms with Crippen LogP contribution in [0, 0.1) is 5.92 Å². The first kappa shape index (κ1) is 20.7. The van der Waals surface area contributed by atoms with Crippen LogP contribution in [-0.2, 0) is 16.6 Å². The van der Waals surface area contributed by atoms with Crippen LogP contribution in [-0.4, -0.2) is 49.9 Å². The maximum absolute atomic E-state index is 11.3. The van der Waals surface area contributed by atoms with Gasteiger partial charge in [0.05, 0.1) is 20.3 Å². The van der Waals surface area contributed by atoms with Gasteiger partial charge in [0.2, 0.25) is 0 Å². The molecular weight excluding hydrogens is 456 g/mol. The number of methoxy groups -OCH3 is 2. The lowest BCUT2D eigenvalue weighted by molar-refractivity contribution is 0.0339. The minimum Gasteiger partial charge on any atom is -0.504 e. The van der Waals surface area contributed by atoms with Crippen molar-refractivity contribution in [3.63, 3.8) is 0 Å². The molecule has 5 rings (SSSR count). The van der Waals surface area contributed by atoms with Gasteiger partial charge in [0.1, 0.15) is 5.76 Å². The largest absolute Gasteiger partial charge is 0.504 e. The number of likely N-dealkylation sites (N-methyl/N-ethyl adjacent to an activating group) is 1. The highest BCUT2D eigenvalue weighted by atomic mass is 79.9. The molecule has 0 spiro atoms. The van der Waals surface area contributed by atoms with E-state index in [1.54, 1.807) is 14.2 Å². The van der Waals surface area contributed by atoms with E-state index in [4.69, 9.17) is 9.47 Å². The number of halogens is 1. The minimum atomic E-state index is -0.154. The molecule has 2 aromatic rings. The Bertz CT molecular complexity index is 1020. The zero-order valence-corrected chi connectivity index (χ0v) is 19.8. The summed E-state index contributed by atoms with van der Waals surface area (Å²) in [4.78, 5) is 2.47. The SMILES string of the molecule is COC1=C[C@@H]2[C@@H]3Cc4ccc(OC)c(O)c4[C@]2(CCN3C)CC1Nc1ccc(Br)cc1. The third kappa shape index (κ3) is 3.23. The van der Waals surface area contributed by atoms with Crippen LogP contribution in [0.3, 0.4) is 0 Å². The van der Waals surface area contributed by atoms with Crippen LogP contribution in [0.2, 0.25) is 0 Å². The van der Waals surface area contributed by atoms with Crippen molar-refractivity contribution < 1.29 is 14.6 Å². The highest BCUT2D eigenvalue weighted by Gasteiger charge is 2.56. The molecule has 4 atom stereocenters. The standard InChI is InChI=1S/C25H29BrN2O3/c1-28-11-10-25-14-19(27-17-7-5-16(26)6-8-17)22(31-3)13-18(25)20(28)12-15-4-9-21(30-2)24(29)23(15)25/h4-9,13,18-20,27,29H,10-12,14H2,1-3H3/t18-,19?,20+,25-/m1/s1. The summed E-state index contributed by atoms with van der Waals surface area (Å²) in [5.41, 5.74) is 3.22. The molecule has 0 radical (unpaired) electrons. The number of phenols is 1. The van der Waals surface area contributed by atoms with Gasteiger partial charge in [-0.2, -0.15) is 0 Å². The van der Waals surface area contributed by atoms with Gasteiger partial charge in [-0.3, -0.25) is 0 Å². The van der Waals surface area contributed by atoms with Crippen LogP contribution in [0.15, 0.2) is 52.7 Å². The summed E-state index contributed by atoms with van der Waals surface area (Å²) < 4.78 is 12.4. The lowest BCUT2D eigenvalue weighted by Crippen LogP contribution is -2.61. The Morgan fingerprint density at radius 2 is 1.90 bits per heavy atom. The van der Waals surface area contributed by atoms with Gasteiger partial charge in [0, 0.05) is 33.1 Å². The van der Waals surface area contributed by atoms with Crippen LogP contribution in [0.1, 0.15) is 24.0 Å². The molecule has 1 unspecified atom stereocenters. The molecule has 2 bridgehead atoms. The first-order valence-corrected chi connectivity index (χ1v) is 11.6. The van der Waals surface area contributed by atoms with Crippen LogP contribution in [0.4, 0.5) is 5.69 Å². The van der Waals surface area contributed by atoms with Crippen molar-refractivity contribution in [3.05, 3.63) is 63.8 Å². The molecule has 164 valence electrons. The Morgan fingerprint density at radius 3 is 2.61 bits per heavy atom. The Hall–Kier alpha value is -2.18. The zero-order chi connectivity index (χ0) is 21.8. The van der Waals surface area contributed by atoms with Crippen molar-refractivity contribution in [3.8, 4) is 11.5 Å². The van der Waals surface area contributed by atoms with E-state index in [2.05, 4.69) is 57.5 Å². The molecule has 31 heavy (non-hydrogen) atoms. The molecule has 1 aliphatic heterocycles. The number of fused-ring (bicyclic) bond motifs is 1. The summed E-state index contributed by atoms with van der Waals surface area (Å²) in [6.45, 7) is 1.01. The van der Waals surface area contributed by atoms with Crippen LogP contribution in [0.25, 0.3) is 0 Å². The van der Waals surface area contributed by atoms with Crippen LogP contribution in [0.5, 0.6) is 11.5 Å². The molecule has 1 heterocycles. The van der Waals surface area contributed by atoms with Gasteiger partial charge in [0.15, 0.2) is 11.5 Å². The fourth-order valence-electron chi connectivity index (χ4n) is 6.10. The van der Waals surface area contributed by atoms with Crippen molar-refractivity contribution in [2.24, 2.45) is 5.92 Å². The number of benzene rings is 2. The number of likely N-dealkylation sites (tertiary alicyclic amines) is 1. The first-order valence-electron chi connectivity index (χ1n) is 10.8. The van der Waals surface area contributed by atoms with E-state index in [0.717, 1.165) is 47.3 Å². The number of ether oxygens (including phenoxy) is 2. The molecular formula is C25H29BrN2O3. The first-order chi connectivity index (χ1) is 15.0. The number of hydrogen-bond donors (Lipinski definition) is 2. The van der Waals surface area contributed by atoms with Crippen molar-refractivity contribution in [2.75, 3.05) is 33.1 Å². The zero-order valence-electron chi connectivity index (χ0n) is 18.2. The molecule has 2 N–H and O–H groups in total. The number of aromatic hydroxyl groups is 1. The van der Waals surface area contributed by atoms with Gasteiger partial charge in [-0.15, -0.1) is 0 Å². The number of piperidine rings is 1. The quantitative estimate of drug-likeness (QED) is 0.658. The second kappa shape index (κ2) is 7.75. The van der Waals surface area contributed by atoms with Gasteiger partial charge in [-0.05, 0) is 74.8 Å². The number of phenolic OH excluding ortho intramolecular Hbond substituents is 1. The van der Waals surface area contributed by atoms with Gasteiger partial charge >= 0.3 is 0 Å². The molecule has 5 nitrogen and oxygen atoms in total. The monoisotopic (exact) mass is 484 g/mol. The molecule has 2 aliphatic carbocycles. The predicted octanol–water partition coefficient (Wildman–Crippen LogP) is 4.69. The van der Waals surface area contributed by atoms with E-state index in [1.807, 2.05) is 18.2 Å². The average molecular weight is 485 g/mol. The summed E-state index contributed by atoms with van der Waals surface area (Å²) in [6.07, 6.45) is 5.10. The van der Waals surface area contributed by atoms with E-state index in [-0.39, 0.29) is 17.4 Å². The summed E-state index contributed by atoms with van der Waals surface area (Å²) in [6, 6.07) is 12.7. The van der Waals surface area contributed by atoms with Crippen molar-refractivity contribution in [2.45, 2.75) is 36.8 Å². The maximum Gasteiger partial charge on any atom is 0.161 e. The fourth-order valence-corrected chi connectivity index (χ4v) is 6.37. The molecule has 2 aromatic carbocycles. The maximum atomic E-state index is 11.3. The van der Waals surface area contributed by atoms with E-state index < -0.39 is 0 Å². The van der Waals surface area contributed by atoms with E-state index in [1.165, 1.54) is 5.56 Å². The molecule has 1 fully saturated rings. The average Bonchev–Trinajstić information content (AvgIpc) is 2.77. The van der Waals surface area contributed by atoms with Crippen LogP contribution < -0.4 is 10.1 Å². The smallest absolute Gasteiger partial charge is 0.161 e. The van der Waals surface area contributed by atoms with E-state index >= 15 is 0 Å². The van der Waals surface area contributed by atoms with Crippen molar-refractivity contribution >= 4 is 21.6 Å². The number of nitrogens with zero attached hydrogens (tertiary/aromatic N) is 1. The van der Waals surface area contributed by atoms with Crippen molar-refractivity contribution in [1.29, 1.82) is 0 Å². The lowest BCUT2D eigenvalue weighted by Gasteiger charge is -2.58. The number of hydrogen-bond acceptors (Lipinski definition) is 5. The molecule has 0 amide bonds. The molecule has 0 aromatic heterocycles. The normalized spacial score (nSPS) is 29.4. The van der Waals surface area contributed by atoms with Crippen LogP contribution >= 0.6 is 15.9 Å². The Balaban J connectivity index is 1.63. The Labute approximate surface area is 192 Å². The topological polar surface area (TPSA) is 54.0 Å². The third-order valence-electron chi connectivity index (χ3n) is 7.58. The molecule has 3 aliphatic rings. The number of anilines is 1. The minimum absolute atomic E-state index is 0.0306.